The first kappa shape index (κ1) is 17.0. The number of amides is 2. The van der Waals surface area contributed by atoms with Crippen molar-refractivity contribution in [1.29, 1.82) is 0 Å². The lowest BCUT2D eigenvalue weighted by molar-refractivity contribution is 0.253. The minimum Gasteiger partial charge on any atom is -0.399 e. The van der Waals surface area contributed by atoms with Crippen molar-refractivity contribution in [2.75, 3.05) is 10.6 Å². The van der Waals surface area contributed by atoms with Crippen LogP contribution in [0.3, 0.4) is 0 Å². The van der Waals surface area contributed by atoms with E-state index in [4.69, 9.17) is 34.7 Å². The number of fused-ring (bicyclic) bond motifs is 1. The van der Waals surface area contributed by atoms with E-state index in [1.54, 1.807) is 24.4 Å². The number of nitrogen functional groups attached to an aromatic ring is 1. The second-order valence-electron chi connectivity index (χ2n) is 4.35. The number of nitrogens with zero attached hydrogens (tertiary/aromatic N) is 2. The van der Waals surface area contributed by atoms with Crippen LogP contribution in [0.5, 0.6) is 0 Å². The molecule has 2 heterocycles. The van der Waals surface area contributed by atoms with Crippen molar-refractivity contribution in [3.8, 4) is 0 Å². The minimum atomic E-state index is -0.602. The van der Waals surface area contributed by atoms with Crippen molar-refractivity contribution >= 4 is 64.8 Å². The van der Waals surface area contributed by atoms with Crippen LogP contribution in [0.1, 0.15) is 10.9 Å². The predicted molar refractivity (Wildman–Crippen MR) is 91.9 cm³/mol. The first-order valence-electron chi connectivity index (χ1n) is 5.85. The highest BCUT2D eigenvalue weighted by atomic mass is 35.5. The van der Waals surface area contributed by atoms with Gasteiger partial charge in [0.05, 0.1) is 20.6 Å². The fourth-order valence-corrected chi connectivity index (χ4v) is 4.32. The highest BCUT2D eigenvalue weighted by Crippen LogP contribution is 2.53. The molecule has 1 aromatic heterocycles. The third kappa shape index (κ3) is 2.79. The zero-order valence-electron chi connectivity index (χ0n) is 10.9. The average Bonchev–Trinajstić information content (AvgIpc) is 2.76. The third-order valence-electron chi connectivity index (χ3n) is 3.01. The summed E-state index contributed by atoms with van der Waals surface area (Å²) in [6.45, 7) is 0. The largest absolute Gasteiger partial charge is 0.399 e. The lowest BCUT2D eigenvalue weighted by Crippen LogP contribution is -2.35. The molecule has 3 rings (SSSR count). The van der Waals surface area contributed by atoms with Crippen LogP contribution in [0.4, 0.5) is 16.2 Å². The lowest BCUT2D eigenvalue weighted by Gasteiger charge is -2.24. The van der Waals surface area contributed by atoms with Crippen molar-refractivity contribution in [2.24, 2.45) is 5.73 Å². The van der Waals surface area contributed by atoms with Crippen LogP contribution in [0.25, 0.3) is 0 Å². The number of urea groups is 1. The Hall–Kier alpha value is -1.34. The molecule has 0 bridgehead atoms. The number of anilines is 2. The van der Waals surface area contributed by atoms with Gasteiger partial charge in [-0.2, -0.15) is 0 Å². The molecule has 4 N–H and O–H groups in total. The maximum atomic E-state index is 11.8. The van der Waals surface area contributed by atoms with E-state index in [1.807, 2.05) is 0 Å². The molecule has 2 aromatic rings. The highest BCUT2D eigenvalue weighted by molar-refractivity contribution is 8.00. The summed E-state index contributed by atoms with van der Waals surface area (Å²) in [4.78, 5) is 17.9. The van der Waals surface area contributed by atoms with Crippen LogP contribution in [0.15, 0.2) is 29.3 Å². The number of halogens is 3. The van der Waals surface area contributed by atoms with Crippen molar-refractivity contribution < 1.29 is 4.79 Å². The number of aromatic nitrogens is 1. The highest BCUT2D eigenvalue weighted by Gasteiger charge is 2.37. The monoisotopic (exact) mass is 375 g/mol. The van der Waals surface area contributed by atoms with Gasteiger partial charge >= 0.3 is 6.03 Å². The summed E-state index contributed by atoms with van der Waals surface area (Å²) in [6, 6.07) is 4.28. The van der Waals surface area contributed by atoms with Gasteiger partial charge in [0, 0.05) is 17.4 Å². The minimum absolute atomic E-state index is 0. The molecule has 115 valence electrons. The first-order valence-corrected chi connectivity index (χ1v) is 7.49. The van der Waals surface area contributed by atoms with Crippen LogP contribution in [0.2, 0.25) is 10.0 Å². The molecule has 1 aliphatic heterocycles. The maximum absolute atomic E-state index is 11.8. The number of benzene rings is 1. The molecule has 0 fully saturated rings. The molecule has 1 atom stereocenters. The average molecular weight is 377 g/mol. The Labute approximate surface area is 147 Å². The second-order valence-corrected chi connectivity index (χ2v) is 6.25. The Morgan fingerprint density at radius 3 is 2.59 bits per heavy atom. The molecular weight excluding hydrogens is 367 g/mol. The summed E-state index contributed by atoms with van der Waals surface area (Å²) in [5, 5.41) is 0.285. The Morgan fingerprint density at radius 2 is 2.00 bits per heavy atom. The number of hydrogen-bond acceptors (Lipinski definition) is 4. The smallest absolute Gasteiger partial charge is 0.320 e. The fraction of sp³-hybridized carbons (Fsp3) is 0.0769. The number of pyridine rings is 1. The molecular formula is C13H10Cl3N4OS. The molecule has 0 saturated carbocycles. The lowest BCUT2D eigenvalue weighted by atomic mass is 10.1. The molecule has 1 unspecified atom stereocenters. The Balaban J connectivity index is 0.00000176. The number of primary amides is 1. The summed E-state index contributed by atoms with van der Waals surface area (Å²) in [5.41, 5.74) is 12.9. The van der Waals surface area contributed by atoms with Gasteiger partial charge in [0.15, 0.2) is 0 Å². The molecule has 1 aliphatic rings. The second kappa shape index (κ2) is 6.42. The van der Waals surface area contributed by atoms with Crippen molar-refractivity contribution in [3.63, 3.8) is 0 Å². The van der Waals surface area contributed by atoms with Crippen LogP contribution < -0.4 is 16.4 Å². The van der Waals surface area contributed by atoms with E-state index in [9.17, 15) is 4.79 Å². The first-order chi connectivity index (χ1) is 9.99. The van der Waals surface area contributed by atoms with Crippen molar-refractivity contribution in [2.45, 2.75) is 10.3 Å². The van der Waals surface area contributed by atoms with Gasteiger partial charge < -0.3 is 11.5 Å². The summed E-state index contributed by atoms with van der Waals surface area (Å²) in [7, 11) is 0. The van der Waals surface area contributed by atoms with Gasteiger partial charge in [0.2, 0.25) is 0 Å². The van der Waals surface area contributed by atoms with Gasteiger partial charge in [-0.3, -0.25) is 9.88 Å². The van der Waals surface area contributed by atoms with Crippen LogP contribution >= 0.6 is 47.4 Å². The van der Waals surface area contributed by atoms with E-state index in [1.165, 1.54) is 16.7 Å². The van der Waals surface area contributed by atoms with E-state index < -0.39 is 11.4 Å². The molecule has 1 radical (unpaired) electrons. The molecule has 9 heteroatoms. The molecule has 2 amide bonds. The SMILES string of the molecule is Cl.NC(=O)N1c2ccn[c]c2SC1c1c(Cl)cc(N)cc1Cl. The number of nitrogens with two attached hydrogens (primary N) is 2. The number of carbonyl (C=O) groups is 1. The van der Waals surface area contributed by atoms with E-state index in [-0.39, 0.29) is 12.4 Å². The Kier molecular flexibility index (Phi) is 4.97. The molecule has 22 heavy (non-hydrogen) atoms. The maximum Gasteiger partial charge on any atom is 0.320 e. The topological polar surface area (TPSA) is 85.2 Å². The van der Waals surface area contributed by atoms with Crippen LogP contribution in [-0.2, 0) is 0 Å². The van der Waals surface area contributed by atoms with E-state index in [0.29, 0.717) is 31.9 Å². The van der Waals surface area contributed by atoms with Crippen molar-refractivity contribution in [1.82, 2.24) is 4.98 Å². The van der Waals surface area contributed by atoms with Gasteiger partial charge in [-0.25, -0.2) is 4.79 Å². The zero-order valence-corrected chi connectivity index (χ0v) is 14.1. The molecule has 5 nitrogen and oxygen atoms in total. The Morgan fingerprint density at radius 1 is 1.36 bits per heavy atom. The standard InChI is InChI=1S/C13H9Cl2N4OS.ClH/c14-7-3-6(16)4-8(15)11(7)12-19(13(17)20)9-1-2-18-5-10(9)21-12;/h1-4,12H,16H2,(H2,17,20);1H. The number of carbonyl (C=O) groups excluding carboxylic acids is 1. The molecule has 0 aliphatic carbocycles. The third-order valence-corrected chi connectivity index (χ3v) is 4.85. The fourth-order valence-electron chi connectivity index (χ4n) is 2.17. The van der Waals surface area contributed by atoms with Crippen molar-refractivity contribution in [3.05, 3.63) is 46.2 Å². The molecule has 0 spiro atoms. The summed E-state index contributed by atoms with van der Waals surface area (Å²) in [5.74, 6) is 0. The van der Waals surface area contributed by atoms with Gasteiger partial charge in [-0.15, -0.1) is 12.4 Å². The van der Waals surface area contributed by atoms with Gasteiger partial charge in [-0.05, 0) is 18.2 Å². The van der Waals surface area contributed by atoms with Gasteiger partial charge in [-0.1, -0.05) is 35.0 Å². The van der Waals surface area contributed by atoms with Crippen LogP contribution in [0, 0.1) is 6.20 Å². The van der Waals surface area contributed by atoms with Crippen LogP contribution in [-0.4, -0.2) is 11.0 Å². The number of thioether (sulfide) groups is 1. The van der Waals surface area contributed by atoms with E-state index >= 15 is 0 Å². The van der Waals surface area contributed by atoms with E-state index in [2.05, 4.69) is 11.2 Å². The normalized spacial score (nSPS) is 16.1. The number of hydrogen-bond donors (Lipinski definition) is 2. The van der Waals surface area contributed by atoms with Gasteiger partial charge in [0.25, 0.3) is 0 Å². The zero-order chi connectivity index (χ0) is 15.1. The quantitative estimate of drug-likeness (QED) is 0.740. The number of rotatable bonds is 1. The summed E-state index contributed by atoms with van der Waals surface area (Å²) in [6.07, 6.45) is 4.38. The molecule has 1 aromatic carbocycles. The Bertz CT molecular complexity index is 720. The summed E-state index contributed by atoms with van der Waals surface area (Å²) >= 11 is 13.8. The molecule has 0 saturated heterocycles. The summed E-state index contributed by atoms with van der Waals surface area (Å²) < 4.78 is 0. The van der Waals surface area contributed by atoms with Gasteiger partial charge in [0.1, 0.15) is 11.6 Å². The van der Waals surface area contributed by atoms with E-state index in [0.717, 1.165) is 0 Å². The predicted octanol–water partition coefficient (Wildman–Crippen LogP) is 3.88.